The molecule has 2 heterocycles. The molecule has 8 heteroatoms. The average Bonchev–Trinajstić information content (AvgIpc) is 2.77. The Morgan fingerprint density at radius 1 is 1.19 bits per heavy atom. The monoisotopic (exact) mass is 541 g/mol. The maximum Gasteiger partial charge on any atom is 0.191 e. The van der Waals surface area contributed by atoms with E-state index in [0.29, 0.717) is 19.8 Å². The molecule has 0 spiro atoms. The van der Waals surface area contributed by atoms with Crippen molar-refractivity contribution in [2.45, 2.75) is 26.3 Å². The summed E-state index contributed by atoms with van der Waals surface area (Å²) in [5.74, 6) is 0.578. The molecule has 0 bridgehead atoms. The molecule has 3 rings (SSSR count). The van der Waals surface area contributed by atoms with Gasteiger partial charge in [-0.3, -0.25) is 14.9 Å². The van der Waals surface area contributed by atoms with Gasteiger partial charge in [-0.05, 0) is 55.2 Å². The second-order valence-corrected chi connectivity index (χ2v) is 7.41. The van der Waals surface area contributed by atoms with E-state index in [-0.39, 0.29) is 35.8 Å². The van der Waals surface area contributed by atoms with Crippen molar-refractivity contribution in [1.82, 2.24) is 20.5 Å². The lowest BCUT2D eigenvalue weighted by Crippen LogP contribution is -2.42. The molecule has 0 saturated carbocycles. The molecule has 6 nitrogen and oxygen atoms in total. The van der Waals surface area contributed by atoms with Gasteiger partial charge in [0.2, 0.25) is 0 Å². The predicted molar refractivity (Wildman–Crippen MR) is 134 cm³/mol. The van der Waals surface area contributed by atoms with Gasteiger partial charge in [0.1, 0.15) is 5.82 Å². The number of aryl methyl sites for hydroxylation is 1. The third-order valence-electron chi connectivity index (χ3n) is 5.33. The first-order valence-corrected chi connectivity index (χ1v) is 10.7. The second kappa shape index (κ2) is 13.6. The van der Waals surface area contributed by atoms with Gasteiger partial charge in [-0.15, -0.1) is 24.0 Å². The minimum atomic E-state index is -0.218. The van der Waals surface area contributed by atoms with Crippen molar-refractivity contribution in [3.05, 3.63) is 65.2 Å². The highest BCUT2D eigenvalue weighted by atomic mass is 127. The number of hydrogen-bond acceptors (Lipinski definition) is 4. The number of halogens is 2. The van der Waals surface area contributed by atoms with Crippen molar-refractivity contribution in [3.8, 4) is 0 Å². The lowest BCUT2D eigenvalue weighted by Gasteiger charge is -2.34. The quantitative estimate of drug-likeness (QED) is 0.305. The first kappa shape index (κ1) is 25.5. The number of nitrogens with zero attached hydrogens (tertiary/aromatic N) is 3. The predicted octanol–water partition coefficient (Wildman–Crippen LogP) is 3.32. The number of aliphatic imine (C=N–C) groups is 1. The van der Waals surface area contributed by atoms with E-state index in [0.717, 1.165) is 44.1 Å². The normalized spacial score (nSPS) is 15.8. The highest BCUT2D eigenvalue weighted by Gasteiger charge is 2.22. The van der Waals surface area contributed by atoms with Crippen molar-refractivity contribution >= 4 is 29.9 Å². The van der Waals surface area contributed by atoms with Crippen LogP contribution in [0.15, 0.2) is 47.7 Å². The molecular formula is C23H33FIN5O. The fourth-order valence-electron chi connectivity index (χ4n) is 3.62. The molecule has 31 heavy (non-hydrogen) atoms. The van der Waals surface area contributed by atoms with Gasteiger partial charge in [-0.1, -0.05) is 12.1 Å². The van der Waals surface area contributed by atoms with Crippen LogP contribution in [0.1, 0.15) is 29.7 Å². The smallest absolute Gasteiger partial charge is 0.191 e. The summed E-state index contributed by atoms with van der Waals surface area (Å²) in [6.07, 6.45) is 4.63. The lowest BCUT2D eigenvalue weighted by molar-refractivity contribution is 0.0179. The number of pyridine rings is 1. The van der Waals surface area contributed by atoms with Crippen molar-refractivity contribution < 1.29 is 9.13 Å². The maximum absolute atomic E-state index is 13.4. The van der Waals surface area contributed by atoms with E-state index in [2.05, 4.69) is 40.4 Å². The molecule has 1 aliphatic heterocycles. The van der Waals surface area contributed by atoms with Crippen molar-refractivity contribution in [2.75, 3.05) is 45.9 Å². The Labute approximate surface area is 201 Å². The van der Waals surface area contributed by atoms with Gasteiger partial charge in [0.05, 0.1) is 25.8 Å². The van der Waals surface area contributed by atoms with E-state index in [1.54, 1.807) is 0 Å². The van der Waals surface area contributed by atoms with Crippen LogP contribution in [0.25, 0.3) is 0 Å². The molecule has 0 radical (unpaired) electrons. The van der Waals surface area contributed by atoms with Gasteiger partial charge < -0.3 is 15.4 Å². The Kier molecular flexibility index (Phi) is 11.2. The van der Waals surface area contributed by atoms with Crippen LogP contribution in [0.5, 0.6) is 0 Å². The van der Waals surface area contributed by atoms with Crippen LogP contribution in [-0.2, 0) is 11.2 Å². The Balaban J connectivity index is 0.00000341. The molecule has 1 aromatic heterocycles. The highest BCUT2D eigenvalue weighted by Crippen LogP contribution is 2.22. The molecular weight excluding hydrogens is 508 g/mol. The Morgan fingerprint density at radius 3 is 2.61 bits per heavy atom. The number of guanidine groups is 1. The molecule has 0 aliphatic carbocycles. The first-order chi connectivity index (χ1) is 14.7. The fourth-order valence-corrected chi connectivity index (χ4v) is 3.62. The Bertz CT molecular complexity index is 812. The van der Waals surface area contributed by atoms with Gasteiger partial charge in [-0.2, -0.15) is 0 Å². The summed E-state index contributed by atoms with van der Waals surface area (Å²) in [6, 6.07) is 8.91. The van der Waals surface area contributed by atoms with Crippen LogP contribution in [0.3, 0.4) is 0 Å². The fraction of sp³-hybridized carbons (Fsp3) is 0.478. The Hall–Kier alpha value is -1.78. The van der Waals surface area contributed by atoms with Crippen LogP contribution in [0, 0.1) is 12.7 Å². The average molecular weight is 541 g/mol. The van der Waals surface area contributed by atoms with Crippen LogP contribution < -0.4 is 10.6 Å². The zero-order valence-electron chi connectivity index (χ0n) is 18.3. The molecule has 1 fully saturated rings. The molecule has 170 valence electrons. The zero-order valence-corrected chi connectivity index (χ0v) is 20.6. The van der Waals surface area contributed by atoms with Crippen molar-refractivity contribution in [2.24, 2.45) is 4.99 Å². The van der Waals surface area contributed by atoms with Crippen LogP contribution >= 0.6 is 24.0 Å². The van der Waals surface area contributed by atoms with E-state index in [1.165, 1.54) is 23.3 Å². The van der Waals surface area contributed by atoms with Gasteiger partial charge in [0, 0.05) is 38.6 Å². The van der Waals surface area contributed by atoms with E-state index in [9.17, 15) is 4.39 Å². The minimum absolute atomic E-state index is 0. The Morgan fingerprint density at radius 2 is 1.94 bits per heavy atom. The number of hydrogen-bond donors (Lipinski definition) is 2. The zero-order chi connectivity index (χ0) is 21.2. The summed E-state index contributed by atoms with van der Waals surface area (Å²) >= 11 is 0. The molecule has 1 saturated heterocycles. The summed E-state index contributed by atoms with van der Waals surface area (Å²) in [7, 11) is 0. The molecule has 1 unspecified atom stereocenters. The molecule has 0 amide bonds. The third-order valence-corrected chi connectivity index (χ3v) is 5.33. The van der Waals surface area contributed by atoms with Crippen LogP contribution in [-0.4, -0.2) is 61.8 Å². The number of nitrogens with one attached hydrogen (secondary N) is 2. The van der Waals surface area contributed by atoms with E-state index in [1.807, 2.05) is 24.5 Å². The lowest BCUT2D eigenvalue weighted by atomic mass is 10.0. The molecule has 1 aliphatic rings. The highest BCUT2D eigenvalue weighted by molar-refractivity contribution is 14.0. The SMILES string of the molecule is CCNC(=NCC(c1ccc(F)cc1)N1CCOCC1)NCCc1ccncc1C.I. The second-order valence-electron chi connectivity index (χ2n) is 7.41. The number of aromatic nitrogens is 1. The summed E-state index contributed by atoms with van der Waals surface area (Å²) < 4.78 is 18.9. The van der Waals surface area contributed by atoms with E-state index in [4.69, 9.17) is 9.73 Å². The molecule has 2 N–H and O–H groups in total. The number of morpholine rings is 1. The molecule has 1 atom stereocenters. The number of benzene rings is 1. The van der Waals surface area contributed by atoms with Gasteiger partial charge in [-0.25, -0.2) is 4.39 Å². The standard InChI is InChI=1S/C23H32FN5O.HI/c1-3-26-23(27-11-9-19-8-10-25-16-18(19)2)28-17-22(29-12-14-30-15-13-29)20-4-6-21(24)7-5-20;/h4-8,10,16,22H,3,9,11-15,17H2,1-2H3,(H2,26,27,28);1H. The van der Waals surface area contributed by atoms with Crippen LogP contribution in [0.2, 0.25) is 0 Å². The first-order valence-electron chi connectivity index (χ1n) is 10.7. The largest absolute Gasteiger partial charge is 0.379 e. The maximum atomic E-state index is 13.4. The van der Waals surface area contributed by atoms with Crippen molar-refractivity contribution in [1.29, 1.82) is 0 Å². The van der Waals surface area contributed by atoms with E-state index >= 15 is 0 Å². The van der Waals surface area contributed by atoms with Gasteiger partial charge in [0.25, 0.3) is 0 Å². The van der Waals surface area contributed by atoms with Gasteiger partial charge >= 0.3 is 0 Å². The summed E-state index contributed by atoms with van der Waals surface area (Å²) in [4.78, 5) is 11.4. The topological polar surface area (TPSA) is 61.8 Å². The van der Waals surface area contributed by atoms with Gasteiger partial charge in [0.15, 0.2) is 5.96 Å². The third kappa shape index (κ3) is 8.01. The number of rotatable bonds is 8. The summed E-state index contributed by atoms with van der Waals surface area (Å²) in [5, 5.41) is 6.76. The minimum Gasteiger partial charge on any atom is -0.379 e. The van der Waals surface area contributed by atoms with Crippen LogP contribution in [0.4, 0.5) is 4.39 Å². The summed E-state index contributed by atoms with van der Waals surface area (Å²) in [5.41, 5.74) is 3.56. The molecule has 2 aromatic rings. The summed E-state index contributed by atoms with van der Waals surface area (Å²) in [6.45, 7) is 9.44. The molecule has 1 aromatic carbocycles. The van der Waals surface area contributed by atoms with E-state index < -0.39 is 0 Å². The van der Waals surface area contributed by atoms with Crippen molar-refractivity contribution in [3.63, 3.8) is 0 Å². The number of ether oxygens (including phenoxy) is 1.